The Balaban J connectivity index is 2.17. The van der Waals surface area contributed by atoms with E-state index in [1.54, 1.807) is 7.11 Å². The van der Waals surface area contributed by atoms with Crippen LogP contribution in [0.2, 0.25) is 0 Å². The van der Waals surface area contributed by atoms with Crippen molar-refractivity contribution in [3.8, 4) is 0 Å². The zero-order valence-electron chi connectivity index (χ0n) is 8.55. The molecule has 0 aliphatic carbocycles. The third kappa shape index (κ3) is 2.76. The van der Waals surface area contributed by atoms with Gasteiger partial charge in [-0.2, -0.15) is 0 Å². The number of likely N-dealkylation sites (tertiary alicyclic amines) is 1. The number of ether oxygens (including phenoxy) is 1. The van der Waals surface area contributed by atoms with Gasteiger partial charge in [-0.25, -0.2) is 0 Å². The Labute approximate surface area is 75.9 Å². The minimum absolute atomic E-state index is 0.845. The highest BCUT2D eigenvalue weighted by atomic mass is 16.5. The average molecular weight is 171 g/mol. The van der Waals surface area contributed by atoms with E-state index in [-0.39, 0.29) is 0 Å². The van der Waals surface area contributed by atoms with Gasteiger partial charge in [0.25, 0.3) is 0 Å². The normalized spacial score (nSPS) is 25.5. The van der Waals surface area contributed by atoms with Gasteiger partial charge in [-0.15, -0.1) is 0 Å². The molecule has 1 rings (SSSR count). The van der Waals surface area contributed by atoms with Crippen molar-refractivity contribution in [2.45, 2.75) is 20.3 Å². The molecular weight excluding hydrogens is 150 g/mol. The molecule has 0 aromatic rings. The summed E-state index contributed by atoms with van der Waals surface area (Å²) >= 11 is 0. The first-order valence-electron chi connectivity index (χ1n) is 4.95. The standard InChI is InChI=1S/C10H21NO/c1-9(2)10-4-5-11(8-10)6-7-12-3/h9-10H,4-8H2,1-3H3. The minimum Gasteiger partial charge on any atom is -0.383 e. The second-order valence-corrected chi connectivity index (χ2v) is 4.09. The van der Waals surface area contributed by atoms with Gasteiger partial charge in [0.05, 0.1) is 6.61 Å². The van der Waals surface area contributed by atoms with E-state index in [0.717, 1.165) is 25.0 Å². The fourth-order valence-electron chi connectivity index (χ4n) is 1.83. The Kier molecular flexibility index (Phi) is 4.02. The van der Waals surface area contributed by atoms with Gasteiger partial charge in [-0.3, -0.25) is 0 Å². The lowest BCUT2D eigenvalue weighted by atomic mass is 9.95. The maximum atomic E-state index is 5.06. The SMILES string of the molecule is COCCN1CCC(C(C)C)C1. The maximum Gasteiger partial charge on any atom is 0.0589 e. The van der Waals surface area contributed by atoms with Crippen molar-refractivity contribution >= 4 is 0 Å². The monoisotopic (exact) mass is 171 g/mol. The quantitative estimate of drug-likeness (QED) is 0.637. The highest BCUT2D eigenvalue weighted by Gasteiger charge is 2.23. The molecule has 1 unspecified atom stereocenters. The summed E-state index contributed by atoms with van der Waals surface area (Å²) in [5, 5.41) is 0. The van der Waals surface area contributed by atoms with Crippen LogP contribution in [0.15, 0.2) is 0 Å². The molecule has 1 saturated heterocycles. The summed E-state index contributed by atoms with van der Waals surface area (Å²) in [6.45, 7) is 9.19. The van der Waals surface area contributed by atoms with Crippen molar-refractivity contribution in [1.82, 2.24) is 4.90 Å². The first kappa shape index (κ1) is 10.0. The van der Waals surface area contributed by atoms with Crippen LogP contribution >= 0.6 is 0 Å². The largest absolute Gasteiger partial charge is 0.383 e. The van der Waals surface area contributed by atoms with E-state index in [1.807, 2.05) is 0 Å². The Bertz CT molecular complexity index is 125. The molecule has 72 valence electrons. The molecule has 1 fully saturated rings. The van der Waals surface area contributed by atoms with Gasteiger partial charge in [0.2, 0.25) is 0 Å². The van der Waals surface area contributed by atoms with Crippen molar-refractivity contribution in [2.24, 2.45) is 11.8 Å². The van der Waals surface area contributed by atoms with Gasteiger partial charge in [0.15, 0.2) is 0 Å². The van der Waals surface area contributed by atoms with Crippen LogP contribution in [0.3, 0.4) is 0 Å². The van der Waals surface area contributed by atoms with E-state index in [1.165, 1.54) is 19.5 Å². The molecule has 0 N–H and O–H groups in total. The molecule has 1 heterocycles. The number of hydrogen-bond donors (Lipinski definition) is 0. The van der Waals surface area contributed by atoms with Gasteiger partial charge in [-0.05, 0) is 24.8 Å². The topological polar surface area (TPSA) is 12.5 Å². The highest BCUT2D eigenvalue weighted by Crippen LogP contribution is 2.22. The van der Waals surface area contributed by atoms with Crippen LogP contribution in [0.5, 0.6) is 0 Å². The first-order chi connectivity index (χ1) is 5.74. The molecule has 1 aliphatic rings. The van der Waals surface area contributed by atoms with Crippen molar-refractivity contribution in [3.05, 3.63) is 0 Å². The summed E-state index contributed by atoms with van der Waals surface area (Å²) in [5.41, 5.74) is 0. The van der Waals surface area contributed by atoms with Crippen molar-refractivity contribution in [1.29, 1.82) is 0 Å². The lowest BCUT2D eigenvalue weighted by molar-refractivity contribution is 0.157. The van der Waals surface area contributed by atoms with E-state index in [9.17, 15) is 0 Å². The Morgan fingerprint density at radius 3 is 2.75 bits per heavy atom. The molecule has 2 heteroatoms. The van der Waals surface area contributed by atoms with Crippen LogP contribution in [0, 0.1) is 11.8 Å². The van der Waals surface area contributed by atoms with Gasteiger partial charge in [-0.1, -0.05) is 13.8 Å². The van der Waals surface area contributed by atoms with Crippen molar-refractivity contribution < 1.29 is 4.74 Å². The van der Waals surface area contributed by atoms with Crippen LogP contribution in [-0.2, 0) is 4.74 Å². The lowest BCUT2D eigenvalue weighted by Gasteiger charge is -2.16. The van der Waals surface area contributed by atoms with Gasteiger partial charge >= 0.3 is 0 Å². The Hall–Kier alpha value is -0.0800. The van der Waals surface area contributed by atoms with Gasteiger partial charge < -0.3 is 9.64 Å². The Morgan fingerprint density at radius 2 is 2.25 bits per heavy atom. The number of rotatable bonds is 4. The smallest absolute Gasteiger partial charge is 0.0589 e. The summed E-state index contributed by atoms with van der Waals surface area (Å²) in [6, 6.07) is 0. The van der Waals surface area contributed by atoms with E-state index < -0.39 is 0 Å². The average Bonchev–Trinajstić information content (AvgIpc) is 2.48. The zero-order valence-corrected chi connectivity index (χ0v) is 8.55. The molecule has 0 bridgehead atoms. The number of nitrogens with zero attached hydrogens (tertiary/aromatic N) is 1. The predicted molar refractivity (Wildman–Crippen MR) is 51.3 cm³/mol. The summed E-state index contributed by atoms with van der Waals surface area (Å²) < 4.78 is 5.06. The molecule has 0 aromatic heterocycles. The van der Waals surface area contributed by atoms with Crippen LogP contribution in [0.4, 0.5) is 0 Å². The van der Waals surface area contributed by atoms with Crippen LogP contribution in [0.25, 0.3) is 0 Å². The fourth-order valence-corrected chi connectivity index (χ4v) is 1.83. The van der Waals surface area contributed by atoms with Crippen molar-refractivity contribution in [2.75, 3.05) is 33.4 Å². The number of methoxy groups -OCH3 is 1. The van der Waals surface area contributed by atoms with Crippen LogP contribution in [-0.4, -0.2) is 38.3 Å². The first-order valence-corrected chi connectivity index (χ1v) is 4.95. The third-order valence-corrected chi connectivity index (χ3v) is 2.86. The third-order valence-electron chi connectivity index (χ3n) is 2.86. The van der Waals surface area contributed by atoms with Gasteiger partial charge in [0.1, 0.15) is 0 Å². The summed E-state index contributed by atoms with van der Waals surface area (Å²) in [5.74, 6) is 1.76. The predicted octanol–water partition coefficient (Wildman–Crippen LogP) is 1.61. The van der Waals surface area contributed by atoms with E-state index in [0.29, 0.717) is 0 Å². The summed E-state index contributed by atoms with van der Waals surface area (Å²) in [7, 11) is 1.77. The maximum absolute atomic E-state index is 5.06. The second kappa shape index (κ2) is 4.83. The molecule has 0 aromatic carbocycles. The Morgan fingerprint density at radius 1 is 1.50 bits per heavy atom. The molecule has 0 spiro atoms. The second-order valence-electron chi connectivity index (χ2n) is 4.09. The van der Waals surface area contributed by atoms with E-state index in [2.05, 4.69) is 18.7 Å². The molecule has 1 aliphatic heterocycles. The van der Waals surface area contributed by atoms with Crippen molar-refractivity contribution in [3.63, 3.8) is 0 Å². The van der Waals surface area contributed by atoms with Crippen LogP contribution < -0.4 is 0 Å². The lowest BCUT2D eigenvalue weighted by Crippen LogP contribution is -2.25. The minimum atomic E-state index is 0.845. The molecule has 0 saturated carbocycles. The molecular formula is C10H21NO. The highest BCUT2D eigenvalue weighted by molar-refractivity contribution is 4.77. The molecule has 0 amide bonds. The van der Waals surface area contributed by atoms with E-state index in [4.69, 9.17) is 4.74 Å². The molecule has 0 radical (unpaired) electrons. The van der Waals surface area contributed by atoms with Gasteiger partial charge in [0, 0.05) is 20.2 Å². The molecule has 1 atom stereocenters. The van der Waals surface area contributed by atoms with Crippen LogP contribution in [0.1, 0.15) is 20.3 Å². The van der Waals surface area contributed by atoms with E-state index >= 15 is 0 Å². The molecule has 2 nitrogen and oxygen atoms in total. The zero-order chi connectivity index (χ0) is 8.97. The summed E-state index contributed by atoms with van der Waals surface area (Å²) in [6.07, 6.45) is 1.38. The number of hydrogen-bond acceptors (Lipinski definition) is 2. The summed E-state index contributed by atoms with van der Waals surface area (Å²) in [4.78, 5) is 2.51. The fraction of sp³-hybridized carbons (Fsp3) is 1.00. The molecule has 12 heavy (non-hydrogen) atoms.